The van der Waals surface area contributed by atoms with Crippen LogP contribution in [0.2, 0.25) is 0 Å². The summed E-state index contributed by atoms with van der Waals surface area (Å²) in [6.45, 7) is 2.50. The number of carbonyl (C=O) groups is 1. The Morgan fingerprint density at radius 2 is 2.06 bits per heavy atom. The van der Waals surface area contributed by atoms with Crippen molar-refractivity contribution in [3.63, 3.8) is 0 Å². The molecule has 3 atom stereocenters. The number of aromatic nitrogens is 1. The number of carbonyl (C=O) groups excluding carboxylic acids is 1. The van der Waals surface area contributed by atoms with Gasteiger partial charge in [-0.3, -0.25) is 15.3 Å². The Balaban J connectivity index is 1.64. The molecule has 0 unspecified atom stereocenters. The van der Waals surface area contributed by atoms with Crippen molar-refractivity contribution < 1.29 is 19.1 Å². The summed E-state index contributed by atoms with van der Waals surface area (Å²) in [6.07, 6.45) is 2.72. The fraction of sp³-hybridized carbons (Fsp3) is 0.370. The summed E-state index contributed by atoms with van der Waals surface area (Å²) in [5.74, 6) is 1.96. The Labute approximate surface area is 213 Å². The molecule has 2 heterocycles. The van der Waals surface area contributed by atoms with Gasteiger partial charge in [-0.05, 0) is 18.6 Å². The third-order valence-corrected chi connectivity index (χ3v) is 6.21. The SMILES string of the molecule is [B]N1C[C@H](Oc2cc(-c3ccccc3)nc3cc(OC)ccc23)C[C@H]1C(=N[C@H](C=O)CCC)NOC. The molecule has 0 amide bonds. The number of hydrogen-bond donors (Lipinski definition) is 1. The Bertz CT molecular complexity index is 1210. The maximum Gasteiger partial charge on any atom is 0.183 e. The second-order valence-electron chi connectivity index (χ2n) is 8.76. The molecule has 186 valence electrons. The van der Waals surface area contributed by atoms with Crippen LogP contribution in [0, 0.1) is 0 Å². The molecule has 36 heavy (non-hydrogen) atoms. The lowest BCUT2D eigenvalue weighted by Crippen LogP contribution is -2.42. The average Bonchev–Trinajstić information content (AvgIpc) is 3.27. The third kappa shape index (κ3) is 5.86. The lowest BCUT2D eigenvalue weighted by molar-refractivity contribution is -0.109. The van der Waals surface area contributed by atoms with Crippen molar-refractivity contribution in [3.05, 3.63) is 54.6 Å². The van der Waals surface area contributed by atoms with Gasteiger partial charge < -0.3 is 19.1 Å². The first-order valence-electron chi connectivity index (χ1n) is 12.1. The molecule has 0 saturated carbocycles. The van der Waals surface area contributed by atoms with E-state index in [1.807, 2.05) is 61.5 Å². The van der Waals surface area contributed by atoms with E-state index < -0.39 is 6.04 Å². The van der Waals surface area contributed by atoms with Gasteiger partial charge in [0, 0.05) is 36.0 Å². The molecule has 0 spiro atoms. The molecule has 1 saturated heterocycles. The van der Waals surface area contributed by atoms with Gasteiger partial charge in [0.25, 0.3) is 0 Å². The lowest BCUT2D eigenvalue weighted by atomic mass is 10.1. The summed E-state index contributed by atoms with van der Waals surface area (Å²) < 4.78 is 12.0. The van der Waals surface area contributed by atoms with Crippen molar-refractivity contribution >= 4 is 31.0 Å². The van der Waals surface area contributed by atoms with E-state index in [9.17, 15) is 4.79 Å². The van der Waals surface area contributed by atoms with Gasteiger partial charge in [-0.2, -0.15) is 0 Å². The Morgan fingerprint density at radius 3 is 2.75 bits per heavy atom. The zero-order valence-electron chi connectivity index (χ0n) is 20.9. The normalized spacial score (nSPS) is 19.2. The maximum atomic E-state index is 11.5. The van der Waals surface area contributed by atoms with E-state index in [0.717, 1.165) is 46.4 Å². The zero-order valence-corrected chi connectivity index (χ0v) is 20.9. The number of amidine groups is 1. The van der Waals surface area contributed by atoms with Gasteiger partial charge in [-0.1, -0.05) is 43.7 Å². The summed E-state index contributed by atoms with van der Waals surface area (Å²) in [6, 6.07) is 17.0. The van der Waals surface area contributed by atoms with Crippen LogP contribution in [0.1, 0.15) is 26.2 Å². The zero-order chi connectivity index (χ0) is 25.5. The number of aldehydes is 1. The smallest absolute Gasteiger partial charge is 0.183 e. The van der Waals surface area contributed by atoms with Gasteiger partial charge in [0.1, 0.15) is 35.8 Å². The van der Waals surface area contributed by atoms with Crippen molar-refractivity contribution in [2.24, 2.45) is 4.99 Å². The Kier molecular flexibility index (Phi) is 8.56. The molecule has 9 heteroatoms. The van der Waals surface area contributed by atoms with E-state index in [0.29, 0.717) is 25.2 Å². The molecule has 0 bridgehead atoms. The molecule has 2 aromatic carbocycles. The predicted molar refractivity (Wildman–Crippen MR) is 141 cm³/mol. The number of methoxy groups -OCH3 is 1. The van der Waals surface area contributed by atoms with E-state index in [-0.39, 0.29) is 12.1 Å². The van der Waals surface area contributed by atoms with Gasteiger partial charge >= 0.3 is 0 Å². The molecule has 1 N–H and O–H groups in total. The van der Waals surface area contributed by atoms with Crippen LogP contribution in [-0.2, 0) is 9.63 Å². The van der Waals surface area contributed by atoms with Gasteiger partial charge in [0.15, 0.2) is 7.98 Å². The van der Waals surface area contributed by atoms with Crippen LogP contribution in [-0.4, -0.2) is 68.8 Å². The molecule has 2 radical (unpaired) electrons. The predicted octanol–water partition coefficient (Wildman–Crippen LogP) is 3.73. The van der Waals surface area contributed by atoms with Gasteiger partial charge in [-0.25, -0.2) is 4.98 Å². The number of nitrogens with one attached hydrogen (secondary N) is 1. The average molecular weight is 486 g/mol. The summed E-state index contributed by atoms with van der Waals surface area (Å²) >= 11 is 0. The van der Waals surface area contributed by atoms with Gasteiger partial charge in [-0.15, -0.1) is 0 Å². The Hall–Kier alpha value is -3.43. The molecular formula is C27H31BN4O4. The number of nitrogens with zero attached hydrogens (tertiary/aromatic N) is 3. The van der Waals surface area contributed by atoms with E-state index in [4.69, 9.17) is 27.3 Å². The number of hydroxylamine groups is 1. The Morgan fingerprint density at radius 1 is 1.25 bits per heavy atom. The van der Waals surface area contributed by atoms with Crippen molar-refractivity contribution in [2.45, 2.75) is 44.4 Å². The number of pyridine rings is 1. The standard InChI is InChI=1S/C27H31BN4O4/c1-4-8-19(17-33)29-27(31-35-3)25-14-21(16-32(25)28)36-26-15-23(18-9-6-5-7-10-18)30-24-13-20(34-2)11-12-22(24)26/h5-7,9-13,15,17,19,21,25H,4,8,14,16H2,1-3H3,(H,29,31)/t19-,21+,25-/m0/s1. The van der Waals surface area contributed by atoms with Crippen LogP contribution in [0.15, 0.2) is 59.6 Å². The molecule has 1 aliphatic heterocycles. The number of rotatable bonds is 10. The first-order valence-corrected chi connectivity index (χ1v) is 12.1. The summed E-state index contributed by atoms with van der Waals surface area (Å²) in [5, 5.41) is 0.885. The second-order valence-corrected chi connectivity index (χ2v) is 8.76. The van der Waals surface area contributed by atoms with Gasteiger partial charge in [0.05, 0.1) is 31.5 Å². The lowest BCUT2D eigenvalue weighted by Gasteiger charge is -2.22. The molecule has 1 aromatic heterocycles. The van der Waals surface area contributed by atoms with E-state index in [2.05, 4.69) is 10.5 Å². The van der Waals surface area contributed by atoms with E-state index >= 15 is 0 Å². The minimum absolute atomic E-state index is 0.207. The number of hydrogen-bond acceptors (Lipinski definition) is 7. The third-order valence-electron chi connectivity index (χ3n) is 6.21. The van der Waals surface area contributed by atoms with Crippen molar-refractivity contribution in [1.82, 2.24) is 15.3 Å². The molecule has 4 rings (SSSR count). The van der Waals surface area contributed by atoms with Crippen molar-refractivity contribution in [3.8, 4) is 22.8 Å². The van der Waals surface area contributed by atoms with Gasteiger partial charge in [0.2, 0.25) is 0 Å². The quantitative estimate of drug-likeness (QED) is 0.154. The molecule has 0 aliphatic carbocycles. The van der Waals surface area contributed by atoms with Crippen LogP contribution in [0.4, 0.5) is 0 Å². The molecular weight excluding hydrogens is 455 g/mol. The molecule has 1 aliphatic rings. The maximum absolute atomic E-state index is 11.5. The highest BCUT2D eigenvalue weighted by Gasteiger charge is 2.35. The number of benzene rings is 2. The number of aliphatic imine (C=N–C) groups is 1. The van der Waals surface area contributed by atoms with Crippen LogP contribution in [0.3, 0.4) is 0 Å². The summed E-state index contributed by atoms with van der Waals surface area (Å²) in [4.78, 5) is 27.8. The fourth-order valence-electron chi connectivity index (χ4n) is 4.43. The highest BCUT2D eigenvalue weighted by atomic mass is 16.6. The minimum Gasteiger partial charge on any atom is -0.497 e. The topological polar surface area (TPSA) is 85.3 Å². The highest BCUT2D eigenvalue weighted by Crippen LogP contribution is 2.34. The largest absolute Gasteiger partial charge is 0.497 e. The second kappa shape index (κ2) is 12.0. The first-order chi connectivity index (χ1) is 17.6. The monoisotopic (exact) mass is 486 g/mol. The van der Waals surface area contributed by atoms with Crippen molar-refractivity contribution in [2.75, 3.05) is 20.8 Å². The first kappa shape index (κ1) is 25.7. The van der Waals surface area contributed by atoms with Crippen molar-refractivity contribution in [1.29, 1.82) is 0 Å². The summed E-state index contributed by atoms with van der Waals surface area (Å²) in [5.41, 5.74) is 5.40. The fourth-order valence-corrected chi connectivity index (χ4v) is 4.43. The van der Waals surface area contributed by atoms with Crippen LogP contribution in [0.5, 0.6) is 11.5 Å². The molecule has 3 aromatic rings. The van der Waals surface area contributed by atoms with Crippen LogP contribution in [0.25, 0.3) is 22.2 Å². The highest BCUT2D eigenvalue weighted by molar-refractivity contribution is 6.07. The number of ether oxygens (including phenoxy) is 2. The number of fused-ring (bicyclic) bond motifs is 1. The minimum atomic E-state index is -0.450. The van der Waals surface area contributed by atoms with E-state index in [1.165, 1.54) is 7.11 Å². The summed E-state index contributed by atoms with van der Waals surface area (Å²) in [7, 11) is 9.52. The van der Waals surface area contributed by atoms with E-state index in [1.54, 1.807) is 11.9 Å². The van der Waals surface area contributed by atoms with Crippen LogP contribution >= 0.6 is 0 Å². The molecule has 8 nitrogen and oxygen atoms in total. The van der Waals surface area contributed by atoms with Crippen LogP contribution < -0.4 is 15.0 Å². The molecule has 1 fully saturated rings.